The van der Waals surface area contributed by atoms with Crippen LogP contribution in [0.15, 0.2) is 18.2 Å². The monoisotopic (exact) mass is 249 g/mol. The van der Waals surface area contributed by atoms with Crippen molar-refractivity contribution in [1.82, 2.24) is 0 Å². The molecule has 1 atom stereocenters. The van der Waals surface area contributed by atoms with E-state index < -0.39 is 6.04 Å². The Bertz CT molecular complexity index is 458. The smallest absolute Gasteiger partial charge is 0.241 e. The largest absolute Gasteiger partial charge is 0.326 e. The highest BCUT2D eigenvalue weighted by atomic mass is 16.2. The first-order chi connectivity index (χ1) is 8.43. The highest BCUT2D eigenvalue weighted by Gasteiger charge is 2.12. The molecule has 0 aromatic heterocycles. The van der Waals surface area contributed by atoms with Crippen LogP contribution in [0.1, 0.15) is 25.8 Å². The van der Waals surface area contributed by atoms with Crippen molar-refractivity contribution in [3.8, 4) is 0 Å². The Balaban J connectivity index is 2.87. The Morgan fingerprint density at radius 3 is 2.56 bits per heavy atom. The predicted octanol–water partition coefficient (Wildman–Crippen LogP) is 1.63. The van der Waals surface area contributed by atoms with Crippen molar-refractivity contribution in [1.29, 1.82) is 0 Å². The van der Waals surface area contributed by atoms with Gasteiger partial charge in [0.2, 0.25) is 11.8 Å². The van der Waals surface area contributed by atoms with Gasteiger partial charge in [-0.1, -0.05) is 13.0 Å². The van der Waals surface area contributed by atoms with Gasteiger partial charge < -0.3 is 16.4 Å². The molecular formula is C13H19N3O2. The number of rotatable bonds is 4. The maximum atomic E-state index is 11.7. The van der Waals surface area contributed by atoms with Crippen LogP contribution < -0.4 is 16.4 Å². The summed E-state index contributed by atoms with van der Waals surface area (Å²) in [5, 5.41) is 5.43. The number of hydrogen-bond acceptors (Lipinski definition) is 3. The zero-order valence-electron chi connectivity index (χ0n) is 10.9. The number of nitrogens with one attached hydrogen (secondary N) is 2. The molecule has 0 aliphatic rings. The van der Waals surface area contributed by atoms with Crippen molar-refractivity contribution < 1.29 is 9.59 Å². The van der Waals surface area contributed by atoms with Gasteiger partial charge in [0.05, 0.1) is 6.04 Å². The standard InChI is InChI=1S/C13H19N3O2/c1-4-11(14)13(18)16-12-7-10(15-9(3)17)6-5-8(12)2/h5-7,11H,4,14H2,1-3H3,(H,15,17)(H,16,18)/t11-/m0/s1. The van der Waals surface area contributed by atoms with Crippen molar-refractivity contribution >= 4 is 23.2 Å². The van der Waals surface area contributed by atoms with E-state index in [9.17, 15) is 9.59 Å². The summed E-state index contributed by atoms with van der Waals surface area (Å²) in [4.78, 5) is 22.7. The number of anilines is 2. The quantitative estimate of drug-likeness (QED) is 0.758. The second-order valence-electron chi connectivity index (χ2n) is 4.21. The fourth-order valence-electron chi connectivity index (χ4n) is 1.45. The highest BCUT2D eigenvalue weighted by Crippen LogP contribution is 2.20. The molecule has 0 radical (unpaired) electrons. The Morgan fingerprint density at radius 2 is 2.00 bits per heavy atom. The van der Waals surface area contributed by atoms with Crippen LogP contribution in [-0.4, -0.2) is 17.9 Å². The molecule has 0 fully saturated rings. The molecule has 0 aliphatic heterocycles. The lowest BCUT2D eigenvalue weighted by atomic mass is 10.1. The number of hydrogen-bond donors (Lipinski definition) is 3. The van der Waals surface area contributed by atoms with Crippen molar-refractivity contribution in [2.24, 2.45) is 5.73 Å². The fraction of sp³-hybridized carbons (Fsp3) is 0.385. The van der Waals surface area contributed by atoms with Crippen molar-refractivity contribution in [2.45, 2.75) is 33.2 Å². The van der Waals surface area contributed by atoms with E-state index in [4.69, 9.17) is 5.73 Å². The number of aryl methyl sites for hydroxylation is 1. The molecule has 4 N–H and O–H groups in total. The maximum Gasteiger partial charge on any atom is 0.241 e. The van der Waals surface area contributed by atoms with Gasteiger partial charge in [-0.3, -0.25) is 9.59 Å². The Morgan fingerprint density at radius 1 is 1.33 bits per heavy atom. The van der Waals surface area contributed by atoms with Gasteiger partial charge in [0.15, 0.2) is 0 Å². The average molecular weight is 249 g/mol. The molecule has 2 amide bonds. The summed E-state index contributed by atoms with van der Waals surface area (Å²) >= 11 is 0. The zero-order chi connectivity index (χ0) is 13.7. The van der Waals surface area contributed by atoms with E-state index in [2.05, 4.69) is 10.6 Å². The topological polar surface area (TPSA) is 84.2 Å². The van der Waals surface area contributed by atoms with E-state index in [0.717, 1.165) is 5.56 Å². The summed E-state index contributed by atoms with van der Waals surface area (Å²) in [7, 11) is 0. The molecule has 98 valence electrons. The first-order valence-corrected chi connectivity index (χ1v) is 5.88. The number of carbonyl (C=O) groups is 2. The first-order valence-electron chi connectivity index (χ1n) is 5.88. The maximum absolute atomic E-state index is 11.7. The third-order valence-corrected chi connectivity index (χ3v) is 2.59. The Kier molecular flexibility index (Phi) is 4.85. The molecule has 18 heavy (non-hydrogen) atoms. The van der Waals surface area contributed by atoms with Crippen LogP contribution in [0.5, 0.6) is 0 Å². The van der Waals surface area contributed by atoms with E-state index in [1.54, 1.807) is 12.1 Å². The number of nitrogens with two attached hydrogens (primary N) is 1. The van der Waals surface area contributed by atoms with E-state index in [1.165, 1.54) is 6.92 Å². The van der Waals surface area contributed by atoms with E-state index >= 15 is 0 Å². The van der Waals surface area contributed by atoms with Crippen LogP contribution in [0.2, 0.25) is 0 Å². The van der Waals surface area contributed by atoms with Gasteiger partial charge in [-0.15, -0.1) is 0 Å². The first kappa shape index (κ1) is 14.2. The molecule has 0 bridgehead atoms. The molecular weight excluding hydrogens is 230 g/mol. The van der Waals surface area contributed by atoms with Crippen LogP contribution in [0.25, 0.3) is 0 Å². The van der Waals surface area contributed by atoms with Crippen molar-refractivity contribution in [2.75, 3.05) is 10.6 Å². The lowest BCUT2D eigenvalue weighted by Crippen LogP contribution is -2.35. The van der Waals surface area contributed by atoms with Gasteiger partial charge in [0.1, 0.15) is 0 Å². The minimum absolute atomic E-state index is 0.151. The lowest BCUT2D eigenvalue weighted by molar-refractivity contribution is -0.117. The molecule has 1 rings (SSSR count). The third-order valence-electron chi connectivity index (χ3n) is 2.59. The zero-order valence-corrected chi connectivity index (χ0v) is 10.9. The lowest BCUT2D eigenvalue weighted by Gasteiger charge is -2.13. The summed E-state index contributed by atoms with van der Waals surface area (Å²) < 4.78 is 0. The molecule has 0 saturated heterocycles. The van der Waals surface area contributed by atoms with E-state index in [0.29, 0.717) is 17.8 Å². The van der Waals surface area contributed by atoms with Crippen molar-refractivity contribution in [3.63, 3.8) is 0 Å². The molecule has 0 spiro atoms. The van der Waals surface area contributed by atoms with Gasteiger partial charge in [0, 0.05) is 18.3 Å². The molecule has 1 aromatic carbocycles. The van der Waals surface area contributed by atoms with E-state index in [1.807, 2.05) is 19.9 Å². The number of carbonyl (C=O) groups excluding carboxylic acids is 2. The van der Waals surface area contributed by atoms with Gasteiger partial charge in [-0.2, -0.15) is 0 Å². The van der Waals surface area contributed by atoms with Crippen molar-refractivity contribution in [3.05, 3.63) is 23.8 Å². The second-order valence-corrected chi connectivity index (χ2v) is 4.21. The van der Waals surface area contributed by atoms with Gasteiger partial charge >= 0.3 is 0 Å². The van der Waals surface area contributed by atoms with Crippen LogP contribution >= 0.6 is 0 Å². The summed E-state index contributed by atoms with van der Waals surface area (Å²) in [5.41, 5.74) is 7.88. The number of amides is 2. The molecule has 0 aliphatic carbocycles. The van der Waals surface area contributed by atoms with Crippen LogP contribution in [0, 0.1) is 6.92 Å². The van der Waals surface area contributed by atoms with Crippen LogP contribution in [0.4, 0.5) is 11.4 Å². The summed E-state index contributed by atoms with van der Waals surface area (Å²) in [6.07, 6.45) is 0.580. The number of benzene rings is 1. The molecule has 0 heterocycles. The second kappa shape index (κ2) is 6.16. The predicted molar refractivity (Wildman–Crippen MR) is 72.4 cm³/mol. The Labute approximate surface area is 107 Å². The van der Waals surface area contributed by atoms with Gasteiger partial charge in [0.25, 0.3) is 0 Å². The average Bonchev–Trinajstić information content (AvgIpc) is 2.31. The highest BCUT2D eigenvalue weighted by molar-refractivity contribution is 5.96. The minimum atomic E-state index is -0.520. The molecule has 5 nitrogen and oxygen atoms in total. The SMILES string of the molecule is CC[C@H](N)C(=O)Nc1cc(NC(C)=O)ccc1C. The summed E-state index contributed by atoms with van der Waals surface area (Å²) in [5.74, 6) is -0.373. The van der Waals surface area contributed by atoms with Gasteiger partial charge in [-0.25, -0.2) is 0 Å². The summed E-state index contributed by atoms with van der Waals surface area (Å²) in [6.45, 7) is 5.17. The third kappa shape index (κ3) is 3.85. The van der Waals surface area contributed by atoms with Gasteiger partial charge in [-0.05, 0) is 31.0 Å². The molecule has 1 aromatic rings. The molecule has 0 saturated carbocycles. The molecule has 5 heteroatoms. The van der Waals surface area contributed by atoms with Crippen LogP contribution in [-0.2, 0) is 9.59 Å². The van der Waals surface area contributed by atoms with E-state index in [-0.39, 0.29) is 11.8 Å². The Hall–Kier alpha value is -1.88. The minimum Gasteiger partial charge on any atom is -0.326 e. The normalized spacial score (nSPS) is 11.8. The summed E-state index contributed by atoms with van der Waals surface area (Å²) in [6, 6.07) is 4.82. The van der Waals surface area contributed by atoms with Crippen LogP contribution in [0.3, 0.4) is 0 Å². The fourth-order valence-corrected chi connectivity index (χ4v) is 1.45. The molecule has 0 unspecified atom stereocenters.